The summed E-state index contributed by atoms with van der Waals surface area (Å²) in [5, 5.41) is 4.89. The Kier molecular flexibility index (Phi) is 8.27. The summed E-state index contributed by atoms with van der Waals surface area (Å²) in [6.07, 6.45) is 7.36. The molecule has 0 fully saturated rings. The maximum absolute atomic E-state index is 4.61. The minimum atomic E-state index is -0.568. The van der Waals surface area contributed by atoms with E-state index in [4.69, 9.17) is 0 Å². The van der Waals surface area contributed by atoms with Crippen LogP contribution < -0.4 is 0 Å². The van der Waals surface area contributed by atoms with Crippen LogP contribution in [0.15, 0.2) is 85.5 Å². The molecule has 0 saturated carbocycles. The lowest BCUT2D eigenvalue weighted by molar-refractivity contribution is 0.309. The third kappa shape index (κ3) is 6.43. The molecule has 0 aliphatic carbocycles. The summed E-state index contributed by atoms with van der Waals surface area (Å²) in [5.74, 6) is 0. The van der Waals surface area contributed by atoms with Crippen LogP contribution in [0.5, 0.6) is 0 Å². The third-order valence-corrected chi connectivity index (χ3v) is 3.81. The van der Waals surface area contributed by atoms with Gasteiger partial charge in [-0.3, -0.25) is 9.97 Å². The van der Waals surface area contributed by atoms with Crippen LogP contribution >= 0.6 is 0 Å². The quantitative estimate of drug-likeness (QED) is 0.517. The van der Waals surface area contributed by atoms with Gasteiger partial charge < -0.3 is 8.85 Å². The summed E-state index contributed by atoms with van der Waals surface area (Å²) in [5.41, 5.74) is 0. The molecule has 0 aliphatic heterocycles. The minimum Gasteiger partial charge on any atom is -0.402 e. The molecular formula is C20H22N2O2Si. The zero-order valence-electron chi connectivity index (χ0n) is 14.5. The Hall–Kier alpha value is -2.60. The van der Waals surface area contributed by atoms with Crippen LogP contribution in [-0.2, 0) is 8.85 Å². The number of hydrogen-bond acceptors (Lipinski definition) is 4. The SMILES string of the molecule is CO[SiH2]OC.c1ccc2cnccc2c1.c1ccc2cnccc2c1. The minimum absolute atomic E-state index is 0.568. The first-order valence-corrected chi connectivity index (χ1v) is 9.06. The van der Waals surface area contributed by atoms with Crippen LogP contribution in [0.4, 0.5) is 0 Å². The van der Waals surface area contributed by atoms with Crippen molar-refractivity contribution in [1.82, 2.24) is 9.97 Å². The van der Waals surface area contributed by atoms with E-state index < -0.39 is 10.0 Å². The van der Waals surface area contributed by atoms with Crippen LogP contribution in [-0.4, -0.2) is 34.2 Å². The third-order valence-electron chi connectivity index (χ3n) is 3.34. The summed E-state index contributed by atoms with van der Waals surface area (Å²) >= 11 is 0. The summed E-state index contributed by atoms with van der Waals surface area (Å²) in [7, 11) is 2.73. The first-order chi connectivity index (χ1) is 12.3. The maximum Gasteiger partial charge on any atom is 0.303 e. The molecule has 5 heteroatoms. The second kappa shape index (κ2) is 11.0. The molecule has 0 amide bonds. The Bertz CT molecular complexity index is 683. The van der Waals surface area contributed by atoms with Crippen molar-refractivity contribution < 1.29 is 8.85 Å². The molecule has 0 spiro atoms. The van der Waals surface area contributed by atoms with Gasteiger partial charge in [0.2, 0.25) is 0 Å². The number of nitrogens with zero attached hydrogens (tertiary/aromatic N) is 2. The van der Waals surface area contributed by atoms with Crippen LogP contribution in [0.3, 0.4) is 0 Å². The first kappa shape index (κ1) is 18.7. The van der Waals surface area contributed by atoms with E-state index in [9.17, 15) is 0 Å². The molecule has 0 radical (unpaired) electrons. The predicted molar refractivity (Wildman–Crippen MR) is 106 cm³/mol. The molecule has 2 aromatic carbocycles. The summed E-state index contributed by atoms with van der Waals surface area (Å²) in [6, 6.07) is 20.4. The highest BCUT2D eigenvalue weighted by atomic mass is 28.3. The fourth-order valence-electron chi connectivity index (χ4n) is 2.17. The van der Waals surface area contributed by atoms with E-state index in [-0.39, 0.29) is 0 Å². The monoisotopic (exact) mass is 350 g/mol. The predicted octanol–water partition coefficient (Wildman–Crippen LogP) is 3.75. The molecule has 4 nitrogen and oxygen atoms in total. The average molecular weight is 350 g/mol. The molecule has 4 rings (SSSR count). The van der Waals surface area contributed by atoms with Crippen molar-refractivity contribution in [3.63, 3.8) is 0 Å². The number of aromatic nitrogens is 2. The lowest BCUT2D eigenvalue weighted by Gasteiger charge is -1.91. The van der Waals surface area contributed by atoms with Crippen molar-refractivity contribution in [3.8, 4) is 0 Å². The summed E-state index contributed by atoms with van der Waals surface area (Å²) < 4.78 is 9.22. The van der Waals surface area contributed by atoms with Crippen LogP contribution in [0.25, 0.3) is 21.5 Å². The van der Waals surface area contributed by atoms with Gasteiger partial charge in [-0.1, -0.05) is 48.5 Å². The highest BCUT2D eigenvalue weighted by Gasteiger charge is 1.87. The Morgan fingerprint density at radius 3 is 1.32 bits per heavy atom. The Morgan fingerprint density at radius 2 is 1.00 bits per heavy atom. The highest BCUT2D eigenvalue weighted by Crippen LogP contribution is 2.10. The molecule has 4 aromatic rings. The van der Waals surface area contributed by atoms with Crippen molar-refractivity contribution in [2.45, 2.75) is 0 Å². The first-order valence-electron chi connectivity index (χ1n) is 7.90. The number of fused-ring (bicyclic) bond motifs is 2. The van der Waals surface area contributed by atoms with Crippen molar-refractivity contribution >= 4 is 31.6 Å². The van der Waals surface area contributed by atoms with E-state index in [0.717, 1.165) is 0 Å². The summed E-state index contributed by atoms with van der Waals surface area (Å²) in [4.78, 5) is 8.03. The van der Waals surface area contributed by atoms with Crippen molar-refractivity contribution in [3.05, 3.63) is 85.5 Å². The fraction of sp³-hybridized carbons (Fsp3) is 0.100. The Morgan fingerprint density at radius 1 is 0.600 bits per heavy atom. The molecule has 128 valence electrons. The van der Waals surface area contributed by atoms with Gasteiger partial charge in [-0.05, 0) is 33.7 Å². The smallest absolute Gasteiger partial charge is 0.303 e. The molecule has 2 aromatic heterocycles. The van der Waals surface area contributed by atoms with E-state index in [2.05, 4.69) is 43.1 Å². The number of rotatable bonds is 2. The highest BCUT2D eigenvalue weighted by molar-refractivity contribution is 6.17. The topological polar surface area (TPSA) is 44.2 Å². The van der Waals surface area contributed by atoms with Gasteiger partial charge in [0.05, 0.1) is 0 Å². The van der Waals surface area contributed by atoms with E-state index in [0.29, 0.717) is 0 Å². The Labute approximate surface area is 150 Å². The van der Waals surface area contributed by atoms with Gasteiger partial charge in [-0.25, -0.2) is 0 Å². The number of pyridine rings is 2. The van der Waals surface area contributed by atoms with Crippen molar-refractivity contribution in [2.75, 3.05) is 14.2 Å². The maximum atomic E-state index is 4.61. The molecule has 0 bridgehead atoms. The number of benzene rings is 2. The largest absolute Gasteiger partial charge is 0.402 e. The summed E-state index contributed by atoms with van der Waals surface area (Å²) in [6.45, 7) is 0. The molecule has 0 atom stereocenters. The van der Waals surface area contributed by atoms with E-state index >= 15 is 0 Å². The van der Waals surface area contributed by atoms with Crippen LogP contribution in [0, 0.1) is 0 Å². The van der Waals surface area contributed by atoms with Crippen LogP contribution in [0.1, 0.15) is 0 Å². The lowest BCUT2D eigenvalue weighted by atomic mass is 10.2. The second-order valence-electron chi connectivity index (χ2n) is 5.14. The molecule has 25 heavy (non-hydrogen) atoms. The van der Waals surface area contributed by atoms with Crippen molar-refractivity contribution in [1.29, 1.82) is 0 Å². The average Bonchev–Trinajstić information content (AvgIpc) is 2.70. The van der Waals surface area contributed by atoms with Crippen LogP contribution in [0.2, 0.25) is 0 Å². The van der Waals surface area contributed by atoms with Gasteiger partial charge in [0.15, 0.2) is 0 Å². The standard InChI is InChI=1S/2C9H7N.C2H8O2Si/c2*1-2-4-9-7-10-6-5-8(9)3-1;1-3-5-4-2/h2*1-7H;5H2,1-2H3. The molecule has 0 N–H and O–H groups in total. The molecular weight excluding hydrogens is 328 g/mol. The van der Waals surface area contributed by atoms with E-state index in [1.54, 1.807) is 14.2 Å². The van der Waals surface area contributed by atoms with Gasteiger partial charge in [0.1, 0.15) is 0 Å². The van der Waals surface area contributed by atoms with Gasteiger partial charge in [0, 0.05) is 39.0 Å². The van der Waals surface area contributed by atoms with Gasteiger partial charge in [-0.2, -0.15) is 0 Å². The molecule has 2 heterocycles. The zero-order chi connectivity index (χ0) is 17.7. The molecule has 0 unspecified atom stereocenters. The fourth-order valence-corrected chi connectivity index (χ4v) is 2.41. The number of hydrogen-bond donors (Lipinski definition) is 0. The zero-order valence-corrected chi connectivity index (χ0v) is 15.9. The van der Waals surface area contributed by atoms with Crippen molar-refractivity contribution in [2.24, 2.45) is 0 Å². The molecule has 0 saturated heterocycles. The second-order valence-corrected chi connectivity index (χ2v) is 6.53. The van der Waals surface area contributed by atoms with Gasteiger partial charge in [-0.15, -0.1) is 0 Å². The van der Waals surface area contributed by atoms with Gasteiger partial charge in [0.25, 0.3) is 0 Å². The van der Waals surface area contributed by atoms with E-state index in [1.807, 2.05) is 61.2 Å². The molecule has 0 aliphatic rings. The lowest BCUT2D eigenvalue weighted by Crippen LogP contribution is -1.93. The van der Waals surface area contributed by atoms with E-state index in [1.165, 1.54) is 21.5 Å². The normalized spacial score (nSPS) is 9.68. The van der Waals surface area contributed by atoms with Gasteiger partial charge >= 0.3 is 10.0 Å². The Balaban J connectivity index is 0.000000144.